The molecule has 142 valence electrons. The molecule has 1 aromatic carbocycles. The fraction of sp³-hybridized carbons (Fsp3) is 0.600. The number of rotatable bonds is 6. The van der Waals surface area contributed by atoms with E-state index in [1.807, 2.05) is 17.9 Å². The van der Waals surface area contributed by atoms with Crippen LogP contribution < -0.4 is 4.74 Å². The Balaban J connectivity index is 1.60. The predicted octanol–water partition coefficient (Wildman–Crippen LogP) is 3.00. The number of benzene rings is 1. The van der Waals surface area contributed by atoms with E-state index < -0.39 is 5.60 Å². The van der Waals surface area contributed by atoms with Gasteiger partial charge in [-0.1, -0.05) is 17.7 Å². The summed E-state index contributed by atoms with van der Waals surface area (Å²) in [4.78, 5) is 25.2. The zero-order chi connectivity index (χ0) is 18.7. The quantitative estimate of drug-likeness (QED) is 0.771. The minimum atomic E-state index is -0.583. The molecule has 1 N–H and O–H groups in total. The zero-order valence-corrected chi connectivity index (χ0v) is 15.9. The average molecular weight is 380 g/mol. The summed E-state index contributed by atoms with van der Waals surface area (Å²) in [5.41, 5.74) is 0.344. The normalized spacial score (nSPS) is 29.0. The fourth-order valence-corrected chi connectivity index (χ4v) is 4.28. The number of ether oxygens (including phenoxy) is 1. The minimum absolute atomic E-state index is 0.0000205. The highest BCUT2D eigenvalue weighted by molar-refractivity contribution is 6.31. The van der Waals surface area contributed by atoms with Gasteiger partial charge in [-0.2, -0.15) is 0 Å². The maximum Gasteiger partial charge on any atom is 0.226 e. The molecule has 1 saturated carbocycles. The van der Waals surface area contributed by atoms with Gasteiger partial charge in [0.25, 0.3) is 0 Å². The van der Waals surface area contributed by atoms with Crippen LogP contribution in [-0.4, -0.2) is 47.0 Å². The van der Waals surface area contributed by atoms with Crippen LogP contribution in [0.3, 0.4) is 0 Å². The van der Waals surface area contributed by atoms with Crippen molar-refractivity contribution in [3.8, 4) is 5.75 Å². The Hall–Kier alpha value is -1.59. The van der Waals surface area contributed by atoms with Crippen molar-refractivity contribution in [1.82, 2.24) is 4.90 Å². The molecule has 2 fully saturated rings. The Labute approximate surface area is 159 Å². The van der Waals surface area contributed by atoms with Gasteiger partial charge in [-0.15, -0.1) is 0 Å². The van der Waals surface area contributed by atoms with Crippen LogP contribution in [0.2, 0.25) is 5.02 Å². The number of likely N-dealkylation sites (tertiary alicyclic amines) is 1. The molecule has 5 nitrogen and oxygen atoms in total. The standard InChI is InChI=1S/C20H26ClNO4/c1-20(25)7-4-16(5-8-20)22-9-6-15(19(22)24)12-14-2-3-17(13-18(14)21)26-11-10-23/h2-3,10,13,15-16,25H,4-9,11-12H2,1H3. The molecule has 1 aliphatic heterocycles. The maximum absolute atomic E-state index is 12.8. The SMILES string of the molecule is CC1(O)CCC(N2CCC(Cc3ccc(OCC=O)cc3Cl)C2=O)CC1. The lowest BCUT2D eigenvalue weighted by Gasteiger charge is -2.37. The number of hydrogen-bond acceptors (Lipinski definition) is 4. The van der Waals surface area contributed by atoms with Crippen molar-refractivity contribution in [2.24, 2.45) is 5.92 Å². The van der Waals surface area contributed by atoms with E-state index in [1.165, 1.54) is 0 Å². The van der Waals surface area contributed by atoms with Gasteiger partial charge >= 0.3 is 0 Å². The van der Waals surface area contributed by atoms with Crippen LogP contribution in [0.25, 0.3) is 0 Å². The third-order valence-corrected chi connectivity index (χ3v) is 5.98. The lowest BCUT2D eigenvalue weighted by atomic mass is 9.83. The number of aldehydes is 1. The first-order chi connectivity index (χ1) is 12.4. The van der Waals surface area contributed by atoms with E-state index in [2.05, 4.69) is 0 Å². The first-order valence-electron chi connectivity index (χ1n) is 9.27. The second kappa shape index (κ2) is 7.97. The second-order valence-electron chi connectivity index (χ2n) is 7.68. The van der Waals surface area contributed by atoms with E-state index in [9.17, 15) is 14.7 Å². The average Bonchev–Trinajstić information content (AvgIpc) is 2.96. The highest BCUT2D eigenvalue weighted by Gasteiger charge is 2.39. The topological polar surface area (TPSA) is 66.8 Å². The van der Waals surface area contributed by atoms with Crippen LogP contribution >= 0.6 is 11.6 Å². The summed E-state index contributed by atoms with van der Waals surface area (Å²) in [7, 11) is 0. The van der Waals surface area contributed by atoms with E-state index in [0.717, 1.165) is 44.2 Å². The van der Waals surface area contributed by atoms with E-state index in [0.29, 0.717) is 23.5 Å². The Morgan fingerprint density at radius 3 is 2.73 bits per heavy atom. The van der Waals surface area contributed by atoms with E-state index in [-0.39, 0.29) is 24.5 Å². The molecule has 1 aliphatic carbocycles. The third-order valence-electron chi connectivity index (χ3n) is 5.63. The first-order valence-corrected chi connectivity index (χ1v) is 9.65. The Bertz CT molecular complexity index is 666. The van der Waals surface area contributed by atoms with Gasteiger partial charge in [0.15, 0.2) is 6.29 Å². The molecule has 0 radical (unpaired) electrons. The number of halogens is 1. The van der Waals surface area contributed by atoms with Crippen molar-refractivity contribution in [3.05, 3.63) is 28.8 Å². The van der Waals surface area contributed by atoms with Gasteiger partial charge in [-0.3, -0.25) is 9.59 Å². The van der Waals surface area contributed by atoms with Crippen molar-refractivity contribution in [2.45, 2.75) is 57.1 Å². The molecule has 1 aromatic rings. The highest BCUT2D eigenvalue weighted by atomic mass is 35.5. The lowest BCUT2D eigenvalue weighted by molar-refractivity contribution is -0.134. The molecule has 6 heteroatoms. The summed E-state index contributed by atoms with van der Waals surface area (Å²) in [5, 5.41) is 10.7. The van der Waals surface area contributed by atoms with Gasteiger partial charge < -0.3 is 14.7 Å². The Morgan fingerprint density at radius 2 is 2.08 bits per heavy atom. The number of carbonyl (C=O) groups excluding carboxylic acids is 2. The molecule has 1 amide bonds. The fourth-order valence-electron chi connectivity index (χ4n) is 4.03. The number of aliphatic hydroxyl groups is 1. The summed E-state index contributed by atoms with van der Waals surface area (Å²) in [6.45, 7) is 2.66. The van der Waals surface area contributed by atoms with Crippen molar-refractivity contribution < 1.29 is 19.4 Å². The molecular weight excluding hydrogens is 354 g/mol. The monoisotopic (exact) mass is 379 g/mol. The first kappa shape index (κ1) is 19.2. The predicted molar refractivity (Wildman–Crippen MR) is 99.4 cm³/mol. The molecule has 0 aromatic heterocycles. The van der Waals surface area contributed by atoms with E-state index in [4.69, 9.17) is 16.3 Å². The number of nitrogens with zero attached hydrogens (tertiary/aromatic N) is 1. The number of amides is 1. The summed E-state index contributed by atoms with van der Waals surface area (Å²) in [6.07, 6.45) is 5.39. The molecule has 1 unspecified atom stereocenters. The molecule has 2 aliphatic rings. The van der Waals surface area contributed by atoms with Gasteiger partial charge in [0.2, 0.25) is 5.91 Å². The molecule has 0 bridgehead atoms. The second-order valence-corrected chi connectivity index (χ2v) is 8.09. The van der Waals surface area contributed by atoms with Gasteiger partial charge in [0.1, 0.15) is 12.4 Å². The van der Waals surface area contributed by atoms with E-state index in [1.54, 1.807) is 12.1 Å². The van der Waals surface area contributed by atoms with Crippen molar-refractivity contribution in [3.63, 3.8) is 0 Å². The summed E-state index contributed by atoms with van der Waals surface area (Å²) in [6, 6.07) is 5.60. The Kier molecular flexibility index (Phi) is 5.88. The molecule has 1 saturated heterocycles. The summed E-state index contributed by atoms with van der Waals surface area (Å²) >= 11 is 6.33. The lowest BCUT2D eigenvalue weighted by Crippen LogP contribution is -2.43. The Morgan fingerprint density at radius 1 is 1.35 bits per heavy atom. The van der Waals surface area contributed by atoms with Crippen LogP contribution in [0.4, 0.5) is 0 Å². The van der Waals surface area contributed by atoms with Gasteiger partial charge in [-0.25, -0.2) is 0 Å². The molecule has 1 atom stereocenters. The number of carbonyl (C=O) groups is 2. The van der Waals surface area contributed by atoms with Crippen LogP contribution in [0.15, 0.2) is 18.2 Å². The number of hydrogen-bond donors (Lipinski definition) is 1. The van der Waals surface area contributed by atoms with Crippen molar-refractivity contribution in [1.29, 1.82) is 0 Å². The van der Waals surface area contributed by atoms with Gasteiger partial charge in [0, 0.05) is 23.5 Å². The smallest absolute Gasteiger partial charge is 0.226 e. The van der Waals surface area contributed by atoms with Crippen LogP contribution in [-0.2, 0) is 16.0 Å². The third kappa shape index (κ3) is 4.38. The molecular formula is C20H26ClNO4. The minimum Gasteiger partial charge on any atom is -0.486 e. The highest BCUT2D eigenvalue weighted by Crippen LogP contribution is 2.35. The molecule has 1 heterocycles. The van der Waals surface area contributed by atoms with Crippen molar-refractivity contribution in [2.75, 3.05) is 13.2 Å². The van der Waals surface area contributed by atoms with Crippen LogP contribution in [0, 0.1) is 5.92 Å². The molecule has 3 rings (SSSR count). The maximum atomic E-state index is 12.8. The molecule has 26 heavy (non-hydrogen) atoms. The molecule has 0 spiro atoms. The van der Waals surface area contributed by atoms with Crippen molar-refractivity contribution >= 4 is 23.8 Å². The van der Waals surface area contributed by atoms with E-state index >= 15 is 0 Å². The van der Waals surface area contributed by atoms with Crippen LogP contribution in [0.5, 0.6) is 5.75 Å². The summed E-state index contributed by atoms with van der Waals surface area (Å²) in [5.74, 6) is 0.713. The largest absolute Gasteiger partial charge is 0.486 e. The van der Waals surface area contributed by atoms with Crippen LogP contribution in [0.1, 0.15) is 44.6 Å². The zero-order valence-electron chi connectivity index (χ0n) is 15.1. The van der Waals surface area contributed by atoms with Gasteiger partial charge in [0.05, 0.1) is 5.60 Å². The van der Waals surface area contributed by atoms with Gasteiger partial charge in [-0.05, 0) is 63.1 Å². The summed E-state index contributed by atoms with van der Waals surface area (Å²) < 4.78 is 5.25.